The summed E-state index contributed by atoms with van der Waals surface area (Å²) in [5, 5.41) is 3.09. The third kappa shape index (κ3) is 2.44. The Balaban J connectivity index is 1.79. The van der Waals surface area contributed by atoms with Crippen LogP contribution in [0.1, 0.15) is 24.9 Å². The van der Waals surface area contributed by atoms with Crippen LogP contribution in [0.25, 0.3) is 0 Å². The van der Waals surface area contributed by atoms with Crippen LogP contribution in [0.3, 0.4) is 0 Å². The number of amides is 2. The number of rotatable bonds is 1. The maximum absolute atomic E-state index is 12.7. The molecule has 2 aliphatic heterocycles. The number of nitrogens with one attached hydrogen (secondary N) is 1. The van der Waals surface area contributed by atoms with E-state index in [0.717, 1.165) is 25.9 Å². The molecule has 2 atom stereocenters. The first kappa shape index (κ1) is 15.0. The maximum atomic E-state index is 12.7. The van der Waals surface area contributed by atoms with E-state index >= 15 is 0 Å². The van der Waals surface area contributed by atoms with Crippen molar-refractivity contribution in [3.05, 3.63) is 57.0 Å². The molecule has 1 N–H and O–H groups in total. The molecule has 1 fully saturated rings. The van der Waals surface area contributed by atoms with E-state index in [1.165, 1.54) is 0 Å². The van der Waals surface area contributed by atoms with Gasteiger partial charge in [-0.15, -0.1) is 0 Å². The second-order valence-corrected chi connectivity index (χ2v) is 7.81. The molecule has 6 heteroatoms. The van der Waals surface area contributed by atoms with Crippen molar-refractivity contribution in [1.82, 2.24) is 5.32 Å². The molecule has 0 radical (unpaired) electrons. The van der Waals surface area contributed by atoms with Crippen LogP contribution in [-0.4, -0.2) is 11.8 Å². The van der Waals surface area contributed by atoms with Gasteiger partial charge in [-0.2, -0.15) is 0 Å². The summed E-state index contributed by atoms with van der Waals surface area (Å²) in [6, 6.07) is 13.4. The van der Waals surface area contributed by atoms with E-state index in [1.54, 1.807) is 4.90 Å². The van der Waals surface area contributed by atoms with Crippen LogP contribution in [-0.2, 0) is 0 Å². The number of hydrogen-bond acceptors (Lipinski definition) is 2. The quantitative estimate of drug-likeness (QED) is 0.683. The smallest absolute Gasteiger partial charge is 0.325 e. The number of benzene rings is 2. The molecule has 23 heavy (non-hydrogen) atoms. The summed E-state index contributed by atoms with van der Waals surface area (Å²) in [5.41, 5.74) is 1.12. The fourth-order valence-electron chi connectivity index (χ4n) is 3.33. The predicted molar refractivity (Wildman–Crippen MR) is 95.7 cm³/mol. The molecule has 0 aliphatic carbocycles. The second kappa shape index (κ2) is 5.24. The Morgan fingerprint density at radius 1 is 1.17 bits per heavy atom. The second-order valence-electron chi connectivity index (χ2n) is 5.98. The van der Waals surface area contributed by atoms with Gasteiger partial charge in [0.2, 0.25) is 0 Å². The highest BCUT2D eigenvalue weighted by atomic mass is 79.9. The number of anilines is 1. The summed E-state index contributed by atoms with van der Waals surface area (Å²) in [4.78, 5) is 14.4. The number of carbonyl (C=O) groups excluding carboxylic acids is 1. The molecule has 0 unspecified atom stereocenters. The Labute approximate surface area is 151 Å². The van der Waals surface area contributed by atoms with Crippen LogP contribution in [0.4, 0.5) is 10.5 Å². The van der Waals surface area contributed by atoms with Crippen molar-refractivity contribution in [1.29, 1.82) is 0 Å². The molecule has 2 aliphatic rings. The molecule has 0 spiro atoms. The van der Waals surface area contributed by atoms with Gasteiger partial charge in [-0.05, 0) is 49.4 Å². The molecule has 118 valence electrons. The Morgan fingerprint density at radius 2 is 1.87 bits per heavy atom. The predicted octanol–water partition coefficient (Wildman–Crippen LogP) is 4.98. The van der Waals surface area contributed by atoms with Gasteiger partial charge < -0.3 is 10.1 Å². The van der Waals surface area contributed by atoms with E-state index in [1.807, 2.05) is 49.4 Å². The lowest BCUT2D eigenvalue weighted by Crippen LogP contribution is -2.65. The van der Waals surface area contributed by atoms with Crippen molar-refractivity contribution < 1.29 is 9.53 Å². The zero-order valence-corrected chi connectivity index (χ0v) is 15.5. The summed E-state index contributed by atoms with van der Waals surface area (Å²) < 4.78 is 8.20. The minimum Gasteiger partial charge on any atom is -0.467 e. The molecule has 4 nitrogen and oxygen atoms in total. The SMILES string of the molecule is C[C@@]12C[C@@H](NC(=O)N1c1ccc(Br)cc1)c1cc(Br)ccc1O2. The first-order valence-corrected chi connectivity index (χ1v) is 8.90. The third-order valence-corrected chi connectivity index (χ3v) is 5.34. The van der Waals surface area contributed by atoms with Gasteiger partial charge in [0.15, 0.2) is 5.72 Å². The van der Waals surface area contributed by atoms with Crippen molar-refractivity contribution in [2.75, 3.05) is 4.90 Å². The molecule has 2 bridgehead atoms. The number of carbonyl (C=O) groups is 1. The Morgan fingerprint density at radius 3 is 2.61 bits per heavy atom. The molecule has 2 aromatic rings. The highest BCUT2D eigenvalue weighted by Crippen LogP contribution is 2.46. The third-order valence-electron chi connectivity index (χ3n) is 4.32. The number of hydrogen-bond donors (Lipinski definition) is 1. The Hall–Kier alpha value is -1.53. The minimum atomic E-state index is -0.707. The van der Waals surface area contributed by atoms with E-state index in [2.05, 4.69) is 37.2 Å². The monoisotopic (exact) mass is 436 g/mol. The van der Waals surface area contributed by atoms with Crippen molar-refractivity contribution in [3.63, 3.8) is 0 Å². The van der Waals surface area contributed by atoms with E-state index in [4.69, 9.17) is 4.74 Å². The lowest BCUT2D eigenvalue weighted by atomic mass is 9.90. The number of ether oxygens (including phenoxy) is 1. The molecular weight excluding hydrogens is 424 g/mol. The zero-order chi connectivity index (χ0) is 16.2. The van der Waals surface area contributed by atoms with Crippen LogP contribution in [0.15, 0.2) is 51.4 Å². The fraction of sp³-hybridized carbons (Fsp3) is 0.235. The molecule has 0 saturated carbocycles. The minimum absolute atomic E-state index is 0.0413. The average molecular weight is 438 g/mol. The molecule has 1 saturated heterocycles. The fourth-order valence-corrected chi connectivity index (χ4v) is 3.97. The van der Waals surface area contributed by atoms with E-state index in [0.29, 0.717) is 6.42 Å². The van der Waals surface area contributed by atoms with Crippen LogP contribution in [0, 0.1) is 0 Å². The largest absolute Gasteiger partial charge is 0.467 e. The lowest BCUT2D eigenvalue weighted by Gasteiger charge is -2.50. The normalized spacial score (nSPS) is 25.4. The summed E-state index contributed by atoms with van der Waals surface area (Å²) in [6.07, 6.45) is 0.693. The summed E-state index contributed by atoms with van der Waals surface area (Å²) in [6.45, 7) is 1.96. The van der Waals surface area contributed by atoms with Gasteiger partial charge in [0.25, 0.3) is 0 Å². The molecule has 4 rings (SSSR count). The number of urea groups is 1. The van der Waals surface area contributed by atoms with Gasteiger partial charge in [0.1, 0.15) is 5.75 Å². The molecule has 2 heterocycles. The molecule has 0 aromatic heterocycles. The van der Waals surface area contributed by atoms with Crippen LogP contribution >= 0.6 is 31.9 Å². The van der Waals surface area contributed by atoms with Crippen LogP contribution < -0.4 is 15.0 Å². The first-order chi connectivity index (χ1) is 11.0. The van der Waals surface area contributed by atoms with Crippen molar-refractivity contribution in [2.24, 2.45) is 0 Å². The average Bonchev–Trinajstić information content (AvgIpc) is 2.49. The highest BCUT2D eigenvalue weighted by Gasteiger charge is 2.49. The number of halogens is 2. The number of fused-ring (bicyclic) bond motifs is 4. The van der Waals surface area contributed by atoms with Gasteiger partial charge in [-0.3, -0.25) is 4.90 Å². The summed E-state index contributed by atoms with van der Waals surface area (Å²) >= 11 is 6.91. The Bertz CT molecular complexity index is 794. The van der Waals surface area contributed by atoms with E-state index in [9.17, 15) is 4.79 Å². The van der Waals surface area contributed by atoms with Gasteiger partial charge in [-0.25, -0.2) is 4.79 Å². The first-order valence-electron chi connectivity index (χ1n) is 7.31. The molecular formula is C17H14Br2N2O2. The van der Waals surface area contributed by atoms with Gasteiger partial charge in [0, 0.05) is 26.6 Å². The zero-order valence-electron chi connectivity index (χ0n) is 12.3. The summed E-state index contributed by atoms with van der Waals surface area (Å²) in [7, 11) is 0. The summed E-state index contributed by atoms with van der Waals surface area (Å²) in [5.74, 6) is 0.814. The van der Waals surface area contributed by atoms with Crippen molar-refractivity contribution in [3.8, 4) is 5.75 Å². The topological polar surface area (TPSA) is 41.6 Å². The van der Waals surface area contributed by atoms with E-state index < -0.39 is 5.72 Å². The molecule has 2 aromatic carbocycles. The number of nitrogens with zero attached hydrogens (tertiary/aromatic N) is 1. The van der Waals surface area contributed by atoms with Crippen LogP contribution in [0.5, 0.6) is 5.75 Å². The van der Waals surface area contributed by atoms with Crippen LogP contribution in [0.2, 0.25) is 0 Å². The van der Waals surface area contributed by atoms with Gasteiger partial charge in [-0.1, -0.05) is 31.9 Å². The van der Waals surface area contributed by atoms with Crippen molar-refractivity contribution in [2.45, 2.75) is 25.1 Å². The standard InChI is InChI=1S/C17H14Br2N2O2/c1-17-9-14(13-8-11(19)4-7-15(13)23-17)20-16(22)21(17)12-5-2-10(18)3-6-12/h2-8,14H,9H2,1H3,(H,20,22)/t14-,17-/m1/s1. The molecule has 2 amide bonds. The van der Waals surface area contributed by atoms with Gasteiger partial charge in [0.05, 0.1) is 6.04 Å². The van der Waals surface area contributed by atoms with Crippen molar-refractivity contribution >= 4 is 43.6 Å². The maximum Gasteiger partial charge on any atom is 0.325 e. The Kier molecular flexibility index (Phi) is 3.43. The highest BCUT2D eigenvalue weighted by molar-refractivity contribution is 9.10. The lowest BCUT2D eigenvalue weighted by molar-refractivity contribution is 0.0378. The van der Waals surface area contributed by atoms with Gasteiger partial charge >= 0.3 is 6.03 Å². The van der Waals surface area contributed by atoms with E-state index in [-0.39, 0.29) is 12.1 Å².